The summed E-state index contributed by atoms with van der Waals surface area (Å²) in [6.07, 6.45) is 4.34. The van der Waals surface area contributed by atoms with Crippen molar-refractivity contribution < 1.29 is 4.42 Å². The predicted molar refractivity (Wildman–Crippen MR) is 66.1 cm³/mol. The number of rotatable bonds is 1. The van der Waals surface area contributed by atoms with E-state index in [1.807, 2.05) is 19.1 Å². The van der Waals surface area contributed by atoms with Gasteiger partial charge in [-0.1, -0.05) is 11.6 Å². The van der Waals surface area contributed by atoms with E-state index in [1.54, 1.807) is 0 Å². The summed E-state index contributed by atoms with van der Waals surface area (Å²) in [4.78, 5) is 8.90. The normalized spacial score (nSPS) is 14.7. The number of furan rings is 1. The van der Waals surface area contributed by atoms with Crippen LogP contribution in [0.15, 0.2) is 16.5 Å². The maximum absolute atomic E-state index is 6.21. The van der Waals surface area contributed by atoms with Crippen LogP contribution >= 0.6 is 11.6 Å². The van der Waals surface area contributed by atoms with E-state index in [1.165, 1.54) is 12.8 Å². The topological polar surface area (TPSA) is 38.9 Å². The van der Waals surface area contributed by atoms with E-state index in [-0.39, 0.29) is 0 Å². The van der Waals surface area contributed by atoms with Gasteiger partial charge in [0.15, 0.2) is 11.6 Å². The van der Waals surface area contributed by atoms with Gasteiger partial charge < -0.3 is 4.42 Å². The second kappa shape index (κ2) is 4.15. The molecule has 88 valence electrons. The lowest BCUT2D eigenvalue weighted by molar-refractivity contribution is 0.542. The molecule has 2 aromatic rings. The number of hydrogen-bond donors (Lipinski definition) is 0. The molecule has 0 N–H and O–H groups in total. The SMILES string of the molecule is Cc1ccc(-c2nc(Cl)c3c(n2)CCCC3)o1. The van der Waals surface area contributed by atoms with Gasteiger partial charge in [0, 0.05) is 11.3 Å². The van der Waals surface area contributed by atoms with Crippen molar-refractivity contribution >= 4 is 11.6 Å². The van der Waals surface area contributed by atoms with Crippen LogP contribution in [0.4, 0.5) is 0 Å². The van der Waals surface area contributed by atoms with Crippen LogP contribution in [0.2, 0.25) is 5.15 Å². The Balaban J connectivity index is 2.10. The highest BCUT2D eigenvalue weighted by Crippen LogP contribution is 2.28. The van der Waals surface area contributed by atoms with Gasteiger partial charge >= 0.3 is 0 Å². The van der Waals surface area contributed by atoms with Crippen molar-refractivity contribution in [3.63, 3.8) is 0 Å². The highest BCUT2D eigenvalue weighted by Gasteiger charge is 2.18. The first-order chi connectivity index (χ1) is 8.24. The summed E-state index contributed by atoms with van der Waals surface area (Å²) >= 11 is 6.21. The zero-order chi connectivity index (χ0) is 11.8. The van der Waals surface area contributed by atoms with Gasteiger partial charge in [0.1, 0.15) is 10.9 Å². The first kappa shape index (κ1) is 10.8. The Labute approximate surface area is 105 Å². The van der Waals surface area contributed by atoms with E-state index < -0.39 is 0 Å². The van der Waals surface area contributed by atoms with E-state index in [4.69, 9.17) is 16.0 Å². The number of aryl methyl sites for hydroxylation is 2. The summed E-state index contributed by atoms with van der Waals surface area (Å²) in [6, 6.07) is 3.79. The van der Waals surface area contributed by atoms with Gasteiger partial charge in [-0.25, -0.2) is 9.97 Å². The van der Waals surface area contributed by atoms with Crippen LogP contribution in [0.1, 0.15) is 29.9 Å². The van der Waals surface area contributed by atoms with Crippen molar-refractivity contribution in [1.82, 2.24) is 9.97 Å². The average Bonchev–Trinajstić information content (AvgIpc) is 2.76. The molecule has 1 aliphatic carbocycles. The molecule has 0 aromatic carbocycles. The second-order valence-electron chi connectivity index (χ2n) is 4.38. The lowest BCUT2D eigenvalue weighted by atomic mass is 9.97. The smallest absolute Gasteiger partial charge is 0.197 e. The standard InChI is InChI=1S/C13H13ClN2O/c1-8-6-7-11(17-8)13-15-10-5-3-2-4-9(10)12(14)16-13/h6-7H,2-5H2,1H3. The number of nitrogens with zero attached hydrogens (tertiary/aromatic N) is 2. The maximum atomic E-state index is 6.21. The van der Waals surface area contributed by atoms with Gasteiger partial charge in [-0.2, -0.15) is 0 Å². The Kier molecular flexibility index (Phi) is 2.63. The van der Waals surface area contributed by atoms with E-state index in [9.17, 15) is 0 Å². The summed E-state index contributed by atoms with van der Waals surface area (Å²) in [5.41, 5.74) is 2.20. The number of fused-ring (bicyclic) bond motifs is 1. The summed E-state index contributed by atoms with van der Waals surface area (Å²) in [5, 5.41) is 0.582. The molecule has 0 saturated heterocycles. The molecule has 0 saturated carbocycles. The molecule has 0 radical (unpaired) electrons. The molecule has 17 heavy (non-hydrogen) atoms. The fourth-order valence-corrected chi connectivity index (χ4v) is 2.50. The first-order valence-electron chi connectivity index (χ1n) is 5.86. The molecule has 0 fully saturated rings. The number of aromatic nitrogens is 2. The third-order valence-corrected chi connectivity index (χ3v) is 3.41. The van der Waals surface area contributed by atoms with E-state index in [0.717, 1.165) is 29.9 Å². The van der Waals surface area contributed by atoms with Crippen molar-refractivity contribution in [2.45, 2.75) is 32.6 Å². The zero-order valence-electron chi connectivity index (χ0n) is 9.66. The molecule has 0 amide bonds. The Hall–Kier alpha value is -1.35. The number of hydrogen-bond acceptors (Lipinski definition) is 3. The van der Waals surface area contributed by atoms with E-state index >= 15 is 0 Å². The van der Waals surface area contributed by atoms with Crippen LogP contribution in [-0.4, -0.2) is 9.97 Å². The number of halogens is 1. The molecule has 0 atom stereocenters. The fraction of sp³-hybridized carbons (Fsp3) is 0.385. The second-order valence-corrected chi connectivity index (χ2v) is 4.74. The van der Waals surface area contributed by atoms with Gasteiger partial charge in [0.25, 0.3) is 0 Å². The average molecular weight is 249 g/mol. The van der Waals surface area contributed by atoms with Gasteiger partial charge in [0.2, 0.25) is 0 Å². The molecule has 0 aliphatic heterocycles. The van der Waals surface area contributed by atoms with E-state index in [2.05, 4.69) is 9.97 Å². The van der Waals surface area contributed by atoms with Crippen molar-refractivity contribution in [2.24, 2.45) is 0 Å². The quantitative estimate of drug-likeness (QED) is 0.724. The van der Waals surface area contributed by atoms with Crippen LogP contribution in [-0.2, 0) is 12.8 Å². The molecule has 1 aliphatic rings. The summed E-state index contributed by atoms with van der Waals surface area (Å²) in [7, 11) is 0. The molecule has 0 spiro atoms. The molecule has 2 heterocycles. The van der Waals surface area contributed by atoms with Gasteiger partial charge in [-0.3, -0.25) is 0 Å². The fourth-order valence-electron chi connectivity index (χ4n) is 2.21. The molecule has 0 bridgehead atoms. The Bertz CT molecular complexity index is 563. The molecule has 2 aromatic heterocycles. The molecule has 3 nitrogen and oxygen atoms in total. The first-order valence-corrected chi connectivity index (χ1v) is 6.24. The molecular formula is C13H13ClN2O. The molecular weight excluding hydrogens is 236 g/mol. The Morgan fingerprint density at radius 2 is 2.00 bits per heavy atom. The maximum Gasteiger partial charge on any atom is 0.197 e. The predicted octanol–water partition coefficient (Wildman–Crippen LogP) is 3.58. The summed E-state index contributed by atoms with van der Waals surface area (Å²) < 4.78 is 5.53. The van der Waals surface area contributed by atoms with Crippen molar-refractivity contribution in [3.8, 4) is 11.6 Å². The zero-order valence-corrected chi connectivity index (χ0v) is 10.4. The monoisotopic (exact) mass is 248 g/mol. The third-order valence-electron chi connectivity index (χ3n) is 3.09. The van der Waals surface area contributed by atoms with Gasteiger partial charge in [-0.05, 0) is 44.7 Å². The largest absolute Gasteiger partial charge is 0.458 e. The summed E-state index contributed by atoms with van der Waals surface area (Å²) in [5.74, 6) is 2.15. The van der Waals surface area contributed by atoms with Crippen LogP contribution < -0.4 is 0 Å². The highest BCUT2D eigenvalue weighted by atomic mass is 35.5. The van der Waals surface area contributed by atoms with Gasteiger partial charge in [0.05, 0.1) is 0 Å². The third kappa shape index (κ3) is 1.95. The minimum absolute atomic E-state index is 0.582. The minimum atomic E-state index is 0.582. The van der Waals surface area contributed by atoms with Crippen molar-refractivity contribution in [2.75, 3.05) is 0 Å². The molecule has 0 unspecified atom stereocenters. The highest BCUT2D eigenvalue weighted by molar-refractivity contribution is 6.30. The van der Waals surface area contributed by atoms with Crippen LogP contribution in [0.5, 0.6) is 0 Å². The Morgan fingerprint density at radius 3 is 2.76 bits per heavy atom. The van der Waals surface area contributed by atoms with E-state index in [0.29, 0.717) is 16.7 Å². The van der Waals surface area contributed by atoms with Crippen LogP contribution in [0.25, 0.3) is 11.6 Å². The van der Waals surface area contributed by atoms with Crippen molar-refractivity contribution in [1.29, 1.82) is 0 Å². The lowest BCUT2D eigenvalue weighted by Gasteiger charge is -2.15. The lowest BCUT2D eigenvalue weighted by Crippen LogP contribution is -2.08. The van der Waals surface area contributed by atoms with Crippen LogP contribution in [0.3, 0.4) is 0 Å². The van der Waals surface area contributed by atoms with Gasteiger partial charge in [-0.15, -0.1) is 0 Å². The minimum Gasteiger partial charge on any atom is -0.458 e. The molecule has 3 rings (SSSR count). The van der Waals surface area contributed by atoms with Crippen molar-refractivity contribution in [3.05, 3.63) is 34.3 Å². The van der Waals surface area contributed by atoms with Crippen LogP contribution in [0, 0.1) is 6.92 Å². The Morgan fingerprint density at radius 1 is 1.18 bits per heavy atom. The molecule has 4 heteroatoms. The summed E-state index contributed by atoms with van der Waals surface area (Å²) in [6.45, 7) is 1.91.